The molecule has 6 nitrogen and oxygen atoms in total. The van der Waals surface area contributed by atoms with Crippen LogP contribution in [0.25, 0.3) is 0 Å². The van der Waals surface area contributed by atoms with E-state index < -0.39 is 12.2 Å². The molecule has 0 aromatic heterocycles. The summed E-state index contributed by atoms with van der Waals surface area (Å²) in [7, 11) is 0. The van der Waals surface area contributed by atoms with Crippen molar-refractivity contribution in [3.63, 3.8) is 0 Å². The number of aliphatic hydroxyl groups excluding tert-OH is 1. The highest BCUT2D eigenvalue weighted by Crippen LogP contribution is 2.42. The van der Waals surface area contributed by atoms with Crippen molar-refractivity contribution in [1.29, 1.82) is 0 Å². The second-order valence-corrected chi connectivity index (χ2v) is 6.36. The fourth-order valence-corrected chi connectivity index (χ4v) is 2.52. The molecule has 0 fully saturated rings. The van der Waals surface area contributed by atoms with Crippen molar-refractivity contribution in [3.05, 3.63) is 35.4 Å². The number of fused-ring (bicyclic) bond motifs is 1. The summed E-state index contributed by atoms with van der Waals surface area (Å²) in [4.78, 5) is 23.1. The van der Waals surface area contributed by atoms with Crippen LogP contribution in [-0.2, 0) is 9.53 Å². The molecule has 0 radical (unpaired) electrons. The number of aromatic hydroxyl groups is 1. The van der Waals surface area contributed by atoms with Gasteiger partial charge in [0, 0.05) is 17.6 Å². The Kier molecular flexibility index (Phi) is 5.29. The van der Waals surface area contributed by atoms with Gasteiger partial charge in [-0.1, -0.05) is 20.4 Å². The van der Waals surface area contributed by atoms with E-state index in [4.69, 9.17) is 9.47 Å². The number of ketones is 1. The first-order valence-corrected chi connectivity index (χ1v) is 7.76. The molecule has 1 aromatic carbocycles. The molecule has 0 saturated heterocycles. The van der Waals surface area contributed by atoms with Crippen LogP contribution in [0, 0.1) is 5.92 Å². The first-order chi connectivity index (χ1) is 11.2. The third-order valence-electron chi connectivity index (χ3n) is 3.76. The van der Waals surface area contributed by atoms with E-state index in [2.05, 4.69) is 6.58 Å². The molecule has 0 unspecified atom stereocenters. The SMILES string of the molecule is C=C(COC(=O)CC(C)C)[C@@H]1Oc2cc(C(C)=O)c(O)cc2[C@@H]1O. The summed E-state index contributed by atoms with van der Waals surface area (Å²) in [5.41, 5.74) is 0.896. The third-order valence-corrected chi connectivity index (χ3v) is 3.76. The zero-order chi connectivity index (χ0) is 18.0. The first-order valence-electron chi connectivity index (χ1n) is 7.76. The van der Waals surface area contributed by atoms with E-state index >= 15 is 0 Å². The van der Waals surface area contributed by atoms with Crippen LogP contribution < -0.4 is 4.74 Å². The molecule has 2 atom stereocenters. The quantitative estimate of drug-likeness (QED) is 0.472. The number of benzene rings is 1. The summed E-state index contributed by atoms with van der Waals surface area (Å²) < 4.78 is 10.8. The number of phenolic OH excluding ortho intramolecular Hbond substituents is 1. The fourth-order valence-electron chi connectivity index (χ4n) is 2.52. The van der Waals surface area contributed by atoms with Crippen molar-refractivity contribution in [2.24, 2.45) is 5.92 Å². The van der Waals surface area contributed by atoms with E-state index in [1.165, 1.54) is 19.1 Å². The van der Waals surface area contributed by atoms with Gasteiger partial charge in [0.2, 0.25) is 0 Å². The molecule has 1 heterocycles. The summed E-state index contributed by atoms with van der Waals surface area (Å²) in [6.07, 6.45) is -1.55. The highest BCUT2D eigenvalue weighted by molar-refractivity contribution is 5.97. The van der Waals surface area contributed by atoms with Crippen molar-refractivity contribution in [1.82, 2.24) is 0 Å². The van der Waals surface area contributed by atoms with Crippen molar-refractivity contribution in [2.45, 2.75) is 39.4 Å². The Labute approximate surface area is 140 Å². The van der Waals surface area contributed by atoms with Gasteiger partial charge in [0.05, 0.1) is 5.56 Å². The maximum absolute atomic E-state index is 11.6. The molecule has 2 N–H and O–H groups in total. The molecule has 1 aliphatic heterocycles. The number of hydrogen-bond donors (Lipinski definition) is 2. The van der Waals surface area contributed by atoms with Crippen LogP contribution in [0.4, 0.5) is 0 Å². The average molecular weight is 334 g/mol. The van der Waals surface area contributed by atoms with Crippen LogP contribution >= 0.6 is 0 Å². The number of rotatable bonds is 6. The fraction of sp³-hybridized carbons (Fsp3) is 0.444. The number of phenols is 1. The molecule has 0 saturated carbocycles. The lowest BCUT2D eigenvalue weighted by Gasteiger charge is -2.17. The highest BCUT2D eigenvalue weighted by Gasteiger charge is 2.36. The molecule has 6 heteroatoms. The second kappa shape index (κ2) is 7.05. The number of carbonyl (C=O) groups is 2. The lowest BCUT2D eigenvalue weighted by atomic mass is 9.99. The first kappa shape index (κ1) is 18.0. The minimum Gasteiger partial charge on any atom is -0.507 e. The van der Waals surface area contributed by atoms with E-state index in [1.54, 1.807) is 0 Å². The molecule has 2 rings (SSSR count). The molecule has 0 bridgehead atoms. The predicted octanol–water partition coefficient (Wildman–Crippen LogP) is 2.53. The van der Waals surface area contributed by atoms with Crippen LogP contribution in [0.15, 0.2) is 24.3 Å². The molecule has 130 valence electrons. The van der Waals surface area contributed by atoms with Crippen molar-refractivity contribution >= 4 is 11.8 Å². The summed E-state index contributed by atoms with van der Waals surface area (Å²) in [6.45, 7) is 8.90. The maximum atomic E-state index is 11.6. The van der Waals surface area contributed by atoms with Crippen molar-refractivity contribution in [2.75, 3.05) is 6.61 Å². The van der Waals surface area contributed by atoms with E-state index in [9.17, 15) is 19.8 Å². The Morgan fingerprint density at radius 2 is 2.04 bits per heavy atom. The number of carbonyl (C=O) groups excluding carboxylic acids is 2. The topological polar surface area (TPSA) is 93.1 Å². The van der Waals surface area contributed by atoms with Gasteiger partial charge < -0.3 is 19.7 Å². The zero-order valence-corrected chi connectivity index (χ0v) is 14.0. The Hall–Kier alpha value is -2.34. The molecule has 24 heavy (non-hydrogen) atoms. The zero-order valence-electron chi connectivity index (χ0n) is 14.0. The lowest BCUT2D eigenvalue weighted by Crippen LogP contribution is -2.24. The van der Waals surface area contributed by atoms with Gasteiger partial charge in [-0.3, -0.25) is 9.59 Å². The van der Waals surface area contributed by atoms with Gasteiger partial charge in [-0.15, -0.1) is 0 Å². The molecule has 1 aliphatic rings. The number of hydrogen-bond acceptors (Lipinski definition) is 6. The predicted molar refractivity (Wildman–Crippen MR) is 87.0 cm³/mol. The van der Waals surface area contributed by atoms with Gasteiger partial charge in [-0.2, -0.15) is 0 Å². The van der Waals surface area contributed by atoms with Crippen LogP contribution in [0.3, 0.4) is 0 Å². The van der Waals surface area contributed by atoms with Crippen molar-refractivity contribution in [3.8, 4) is 11.5 Å². The highest BCUT2D eigenvalue weighted by atomic mass is 16.5. The summed E-state index contributed by atoms with van der Waals surface area (Å²) in [5.74, 6) is -0.356. The van der Waals surface area contributed by atoms with Crippen LogP contribution in [0.1, 0.15) is 49.2 Å². The maximum Gasteiger partial charge on any atom is 0.306 e. The molecule has 0 amide bonds. The Morgan fingerprint density at radius 1 is 1.38 bits per heavy atom. The Balaban J connectivity index is 2.07. The summed E-state index contributed by atoms with van der Waals surface area (Å²) >= 11 is 0. The number of esters is 1. The number of ether oxygens (including phenoxy) is 2. The molecule has 0 aliphatic carbocycles. The molecule has 1 aromatic rings. The van der Waals surface area contributed by atoms with Crippen LogP contribution in [0.5, 0.6) is 11.5 Å². The van der Waals surface area contributed by atoms with Gasteiger partial charge in [-0.05, 0) is 25.0 Å². The van der Waals surface area contributed by atoms with E-state index in [1.807, 2.05) is 13.8 Å². The van der Waals surface area contributed by atoms with E-state index in [0.717, 1.165) is 0 Å². The summed E-state index contributed by atoms with van der Waals surface area (Å²) in [6, 6.07) is 2.71. The summed E-state index contributed by atoms with van der Waals surface area (Å²) in [5, 5.41) is 20.2. The Morgan fingerprint density at radius 3 is 2.62 bits per heavy atom. The van der Waals surface area contributed by atoms with Crippen molar-refractivity contribution < 1.29 is 29.3 Å². The molecular weight excluding hydrogens is 312 g/mol. The largest absolute Gasteiger partial charge is 0.507 e. The molecular formula is C18H22O6. The van der Waals surface area contributed by atoms with Gasteiger partial charge in [0.15, 0.2) is 11.9 Å². The third kappa shape index (κ3) is 3.76. The smallest absolute Gasteiger partial charge is 0.306 e. The second-order valence-electron chi connectivity index (χ2n) is 6.36. The standard InChI is InChI=1S/C18H22O6/c1-9(2)5-16(21)23-8-10(3)18-17(22)13-6-14(20)12(11(4)19)7-15(13)24-18/h6-7,9,17-18,20,22H,3,5,8H2,1-2,4H3/t17-,18-/m0/s1. The van der Waals surface area contributed by atoms with Gasteiger partial charge in [0.1, 0.15) is 24.2 Å². The van der Waals surface area contributed by atoms with Crippen LogP contribution in [-0.4, -0.2) is 34.7 Å². The van der Waals surface area contributed by atoms with Gasteiger partial charge in [0.25, 0.3) is 0 Å². The van der Waals surface area contributed by atoms with Crippen LogP contribution in [0.2, 0.25) is 0 Å². The normalized spacial score (nSPS) is 18.9. The lowest BCUT2D eigenvalue weighted by molar-refractivity contribution is -0.143. The average Bonchev–Trinajstić information content (AvgIpc) is 2.80. The number of aliphatic hydroxyl groups is 1. The monoisotopic (exact) mass is 334 g/mol. The van der Waals surface area contributed by atoms with Gasteiger partial charge >= 0.3 is 5.97 Å². The minimum atomic E-state index is -1.05. The van der Waals surface area contributed by atoms with E-state index in [-0.39, 0.29) is 35.6 Å². The molecule has 0 spiro atoms. The number of Topliss-reactive ketones (excluding diaryl/α,β-unsaturated/α-hetero) is 1. The van der Waals surface area contributed by atoms with Gasteiger partial charge in [-0.25, -0.2) is 0 Å². The van der Waals surface area contributed by atoms with E-state index in [0.29, 0.717) is 23.3 Å². The minimum absolute atomic E-state index is 0.0627. The Bertz CT molecular complexity index is 676.